The lowest BCUT2D eigenvalue weighted by Crippen LogP contribution is -2.14. The van der Waals surface area contributed by atoms with Gasteiger partial charge in [-0.1, -0.05) is 25.4 Å². The summed E-state index contributed by atoms with van der Waals surface area (Å²) >= 11 is 5.61. The van der Waals surface area contributed by atoms with E-state index in [9.17, 15) is 4.79 Å². The number of rotatable bonds is 3. The van der Waals surface area contributed by atoms with Gasteiger partial charge in [-0.15, -0.1) is 0 Å². The molecule has 1 N–H and O–H groups in total. The van der Waals surface area contributed by atoms with Gasteiger partial charge < -0.3 is 5.32 Å². The Labute approximate surface area is 87.7 Å². The van der Waals surface area contributed by atoms with Gasteiger partial charge in [0, 0.05) is 6.42 Å². The fraction of sp³-hybridized carbons (Fsp3) is 0.444. The molecule has 0 bridgehead atoms. The van der Waals surface area contributed by atoms with E-state index in [1.165, 1.54) is 12.4 Å². The molecule has 4 nitrogen and oxygen atoms in total. The van der Waals surface area contributed by atoms with Crippen LogP contribution < -0.4 is 5.32 Å². The average Bonchev–Trinajstić information content (AvgIpc) is 2.01. The maximum Gasteiger partial charge on any atom is 0.225 e. The molecule has 0 aliphatic heterocycles. The largest absolute Gasteiger partial charge is 0.309 e. The highest BCUT2D eigenvalue weighted by Crippen LogP contribution is 2.08. The third-order valence-corrected chi connectivity index (χ3v) is 1.65. The number of hydrogen-bond donors (Lipinski definition) is 1. The van der Waals surface area contributed by atoms with Crippen LogP contribution in [0.3, 0.4) is 0 Å². The highest BCUT2D eigenvalue weighted by atomic mass is 35.5. The van der Waals surface area contributed by atoms with Gasteiger partial charge >= 0.3 is 0 Å². The molecular weight excluding hydrogens is 202 g/mol. The second kappa shape index (κ2) is 4.91. The van der Waals surface area contributed by atoms with Crippen LogP contribution in [-0.4, -0.2) is 15.9 Å². The molecular formula is C9H12ClN3O. The second-order valence-electron chi connectivity index (χ2n) is 3.37. The van der Waals surface area contributed by atoms with E-state index in [2.05, 4.69) is 15.3 Å². The Morgan fingerprint density at radius 2 is 2.29 bits per heavy atom. The Morgan fingerprint density at radius 1 is 1.57 bits per heavy atom. The van der Waals surface area contributed by atoms with Crippen LogP contribution in [0, 0.1) is 5.92 Å². The SMILES string of the molecule is CC(C)CC(=O)Nc1cncc(Cl)n1. The van der Waals surface area contributed by atoms with Crippen molar-refractivity contribution < 1.29 is 4.79 Å². The van der Waals surface area contributed by atoms with Gasteiger partial charge in [0.05, 0.1) is 12.4 Å². The summed E-state index contributed by atoms with van der Waals surface area (Å²) in [5.41, 5.74) is 0. The third-order valence-electron chi connectivity index (χ3n) is 1.47. The zero-order valence-electron chi connectivity index (χ0n) is 8.12. The molecule has 0 aromatic carbocycles. The molecule has 5 heteroatoms. The summed E-state index contributed by atoms with van der Waals surface area (Å²) in [5.74, 6) is 0.641. The van der Waals surface area contributed by atoms with Gasteiger partial charge in [0.2, 0.25) is 5.91 Å². The van der Waals surface area contributed by atoms with Gasteiger partial charge in [0.15, 0.2) is 5.82 Å². The number of amides is 1. The van der Waals surface area contributed by atoms with Crippen molar-refractivity contribution in [3.05, 3.63) is 17.5 Å². The fourth-order valence-electron chi connectivity index (χ4n) is 0.967. The van der Waals surface area contributed by atoms with Crippen molar-refractivity contribution >= 4 is 23.3 Å². The fourth-order valence-corrected chi connectivity index (χ4v) is 1.11. The zero-order chi connectivity index (χ0) is 10.6. The highest BCUT2D eigenvalue weighted by Gasteiger charge is 2.06. The summed E-state index contributed by atoms with van der Waals surface area (Å²) in [5, 5.41) is 2.89. The monoisotopic (exact) mass is 213 g/mol. The molecule has 1 aromatic rings. The van der Waals surface area contributed by atoms with Gasteiger partial charge in [-0.05, 0) is 5.92 Å². The molecule has 1 aromatic heterocycles. The summed E-state index contributed by atoms with van der Waals surface area (Å²) in [6.45, 7) is 3.95. The van der Waals surface area contributed by atoms with Crippen molar-refractivity contribution in [3.8, 4) is 0 Å². The Morgan fingerprint density at radius 3 is 2.86 bits per heavy atom. The van der Waals surface area contributed by atoms with Gasteiger partial charge in [-0.25, -0.2) is 4.98 Å². The first-order chi connectivity index (χ1) is 6.58. The van der Waals surface area contributed by atoms with Crippen LogP contribution in [0.5, 0.6) is 0 Å². The van der Waals surface area contributed by atoms with Gasteiger partial charge in [-0.3, -0.25) is 9.78 Å². The molecule has 14 heavy (non-hydrogen) atoms. The molecule has 0 aliphatic carbocycles. The Bertz CT molecular complexity index is 328. The topological polar surface area (TPSA) is 54.9 Å². The highest BCUT2D eigenvalue weighted by molar-refractivity contribution is 6.29. The van der Waals surface area contributed by atoms with E-state index in [0.717, 1.165) is 0 Å². The third kappa shape index (κ3) is 3.70. The lowest BCUT2D eigenvalue weighted by molar-refractivity contribution is -0.116. The quantitative estimate of drug-likeness (QED) is 0.837. The van der Waals surface area contributed by atoms with E-state index in [1.807, 2.05) is 13.8 Å². The number of hydrogen-bond acceptors (Lipinski definition) is 3. The predicted octanol–water partition coefficient (Wildman–Crippen LogP) is 2.11. The molecule has 0 unspecified atom stereocenters. The first-order valence-corrected chi connectivity index (χ1v) is 4.73. The number of nitrogens with one attached hydrogen (secondary N) is 1. The Hall–Kier alpha value is -1.16. The van der Waals surface area contributed by atoms with Crippen LogP contribution in [-0.2, 0) is 4.79 Å². The van der Waals surface area contributed by atoms with Crippen LogP contribution in [0.15, 0.2) is 12.4 Å². The number of halogens is 1. The van der Waals surface area contributed by atoms with Gasteiger partial charge in [-0.2, -0.15) is 0 Å². The van der Waals surface area contributed by atoms with Gasteiger partial charge in [0.25, 0.3) is 0 Å². The zero-order valence-corrected chi connectivity index (χ0v) is 8.88. The number of nitrogens with zero attached hydrogens (tertiary/aromatic N) is 2. The van der Waals surface area contributed by atoms with Crippen LogP contribution in [0.1, 0.15) is 20.3 Å². The minimum absolute atomic E-state index is 0.0726. The number of carbonyl (C=O) groups excluding carboxylic acids is 1. The number of carbonyl (C=O) groups is 1. The molecule has 0 spiro atoms. The van der Waals surface area contributed by atoms with Crippen LogP contribution in [0.4, 0.5) is 5.82 Å². The normalized spacial score (nSPS) is 10.3. The van der Waals surface area contributed by atoms with Crippen molar-refractivity contribution in [2.75, 3.05) is 5.32 Å². The minimum atomic E-state index is -0.0726. The van der Waals surface area contributed by atoms with Crippen LogP contribution in [0.2, 0.25) is 5.15 Å². The first kappa shape index (κ1) is 10.9. The lowest BCUT2D eigenvalue weighted by Gasteiger charge is -2.05. The van der Waals surface area contributed by atoms with E-state index in [0.29, 0.717) is 18.2 Å². The van der Waals surface area contributed by atoms with Crippen molar-refractivity contribution in [3.63, 3.8) is 0 Å². The molecule has 76 valence electrons. The summed E-state index contributed by atoms with van der Waals surface area (Å²) in [4.78, 5) is 19.0. The maximum absolute atomic E-state index is 11.3. The summed E-state index contributed by atoms with van der Waals surface area (Å²) in [7, 11) is 0. The van der Waals surface area contributed by atoms with E-state index in [-0.39, 0.29) is 11.1 Å². The minimum Gasteiger partial charge on any atom is -0.309 e. The number of aromatic nitrogens is 2. The average molecular weight is 214 g/mol. The standard InChI is InChI=1S/C9H12ClN3O/c1-6(2)3-9(14)13-8-5-11-4-7(10)12-8/h4-6H,3H2,1-2H3,(H,12,13,14). The van der Waals surface area contributed by atoms with Crippen molar-refractivity contribution in [1.29, 1.82) is 0 Å². The summed E-state index contributed by atoms with van der Waals surface area (Å²) in [6.07, 6.45) is 3.35. The van der Waals surface area contributed by atoms with Crippen molar-refractivity contribution in [1.82, 2.24) is 9.97 Å². The number of anilines is 1. The van der Waals surface area contributed by atoms with Crippen molar-refractivity contribution in [2.24, 2.45) is 5.92 Å². The second-order valence-corrected chi connectivity index (χ2v) is 3.76. The molecule has 0 saturated heterocycles. The van der Waals surface area contributed by atoms with Crippen molar-refractivity contribution in [2.45, 2.75) is 20.3 Å². The van der Waals surface area contributed by atoms with Gasteiger partial charge in [0.1, 0.15) is 5.15 Å². The molecule has 1 amide bonds. The summed E-state index contributed by atoms with van der Waals surface area (Å²) in [6, 6.07) is 0. The molecule has 1 heterocycles. The molecule has 1 rings (SSSR count). The van der Waals surface area contributed by atoms with E-state index >= 15 is 0 Å². The molecule has 0 radical (unpaired) electrons. The van der Waals surface area contributed by atoms with Crippen LogP contribution in [0.25, 0.3) is 0 Å². The molecule has 0 atom stereocenters. The maximum atomic E-state index is 11.3. The molecule has 0 saturated carbocycles. The first-order valence-electron chi connectivity index (χ1n) is 4.35. The predicted molar refractivity (Wildman–Crippen MR) is 55.1 cm³/mol. The van der Waals surface area contributed by atoms with Crippen LogP contribution >= 0.6 is 11.6 Å². The Kier molecular flexibility index (Phi) is 3.83. The summed E-state index contributed by atoms with van der Waals surface area (Å²) < 4.78 is 0. The Balaban J connectivity index is 2.56. The van der Waals surface area contributed by atoms with E-state index < -0.39 is 0 Å². The molecule has 0 aliphatic rings. The lowest BCUT2D eigenvalue weighted by atomic mass is 10.1. The van der Waals surface area contributed by atoms with E-state index in [4.69, 9.17) is 11.6 Å². The smallest absolute Gasteiger partial charge is 0.225 e. The van der Waals surface area contributed by atoms with E-state index in [1.54, 1.807) is 0 Å². The molecule has 0 fully saturated rings.